The van der Waals surface area contributed by atoms with Gasteiger partial charge in [-0.15, -0.1) is 24.8 Å². The SMILES string of the molecule is Cl.Cl.NC1CCC(Nc2nc(-n3ccc4ccccc43)c3[nH]cnc3n2)CC1. The monoisotopic (exact) mass is 419 g/mol. The number of fused-ring (bicyclic) bond motifs is 2. The van der Waals surface area contributed by atoms with Crippen molar-refractivity contribution in [3.63, 3.8) is 0 Å². The first-order chi connectivity index (χ1) is 12.8. The van der Waals surface area contributed by atoms with Crippen LogP contribution in [0, 0.1) is 0 Å². The topological polar surface area (TPSA) is 97.4 Å². The van der Waals surface area contributed by atoms with Crippen LogP contribution < -0.4 is 11.1 Å². The number of para-hydroxylation sites is 1. The van der Waals surface area contributed by atoms with Gasteiger partial charge in [-0.25, -0.2) is 4.98 Å². The van der Waals surface area contributed by atoms with Crippen LogP contribution in [0.5, 0.6) is 0 Å². The summed E-state index contributed by atoms with van der Waals surface area (Å²) < 4.78 is 2.08. The molecule has 1 saturated carbocycles. The molecule has 3 aromatic heterocycles. The molecule has 7 nitrogen and oxygen atoms in total. The fourth-order valence-corrected chi connectivity index (χ4v) is 3.77. The lowest BCUT2D eigenvalue weighted by atomic mass is 9.92. The summed E-state index contributed by atoms with van der Waals surface area (Å²) in [6, 6.07) is 11.0. The van der Waals surface area contributed by atoms with E-state index in [1.807, 2.05) is 18.3 Å². The van der Waals surface area contributed by atoms with Crippen molar-refractivity contribution in [1.82, 2.24) is 24.5 Å². The number of nitrogens with one attached hydrogen (secondary N) is 2. The van der Waals surface area contributed by atoms with Crippen LogP contribution in [0.1, 0.15) is 25.7 Å². The van der Waals surface area contributed by atoms with E-state index in [1.54, 1.807) is 6.33 Å². The summed E-state index contributed by atoms with van der Waals surface area (Å²) in [4.78, 5) is 16.9. The minimum absolute atomic E-state index is 0. The van der Waals surface area contributed by atoms with Gasteiger partial charge in [-0.3, -0.25) is 4.57 Å². The van der Waals surface area contributed by atoms with Crippen molar-refractivity contribution in [2.75, 3.05) is 5.32 Å². The maximum atomic E-state index is 6.02. The third kappa shape index (κ3) is 3.65. The van der Waals surface area contributed by atoms with Crippen molar-refractivity contribution >= 4 is 52.8 Å². The smallest absolute Gasteiger partial charge is 0.227 e. The molecule has 5 rings (SSSR count). The highest BCUT2D eigenvalue weighted by Gasteiger charge is 2.20. The standard InChI is InChI=1S/C19H21N7.2ClH/c20-13-5-7-14(8-6-13)23-19-24-17-16(21-11-22-17)18(25-19)26-10-9-12-3-1-2-4-15(12)26;;/h1-4,9-11,13-14H,5-8,20H2,(H2,21,22,23,24,25);2*1H. The summed E-state index contributed by atoms with van der Waals surface area (Å²) >= 11 is 0. The molecule has 4 aromatic rings. The Bertz CT molecular complexity index is 1070. The summed E-state index contributed by atoms with van der Waals surface area (Å²) in [5, 5.41) is 4.66. The molecule has 9 heteroatoms. The number of hydrogen-bond donors (Lipinski definition) is 3. The molecule has 1 aromatic carbocycles. The van der Waals surface area contributed by atoms with Crippen LogP contribution in [0.15, 0.2) is 42.9 Å². The van der Waals surface area contributed by atoms with E-state index in [-0.39, 0.29) is 24.8 Å². The number of anilines is 1. The molecule has 0 radical (unpaired) electrons. The predicted octanol–water partition coefficient (Wildman–Crippen LogP) is 3.82. The Morgan fingerprint density at radius 2 is 1.82 bits per heavy atom. The van der Waals surface area contributed by atoms with E-state index >= 15 is 0 Å². The quantitative estimate of drug-likeness (QED) is 0.468. The Morgan fingerprint density at radius 3 is 2.64 bits per heavy atom. The van der Waals surface area contributed by atoms with Crippen molar-refractivity contribution < 1.29 is 0 Å². The fraction of sp³-hybridized carbons (Fsp3) is 0.316. The number of aromatic amines is 1. The molecule has 3 heterocycles. The van der Waals surface area contributed by atoms with Crippen LogP contribution in [0.2, 0.25) is 0 Å². The zero-order chi connectivity index (χ0) is 17.5. The lowest BCUT2D eigenvalue weighted by Crippen LogP contribution is -2.33. The first kappa shape index (κ1) is 20.4. The van der Waals surface area contributed by atoms with Crippen LogP contribution in [-0.2, 0) is 0 Å². The van der Waals surface area contributed by atoms with Gasteiger partial charge in [-0.05, 0) is 43.2 Å². The number of nitrogens with two attached hydrogens (primary N) is 1. The highest BCUT2D eigenvalue weighted by atomic mass is 35.5. The van der Waals surface area contributed by atoms with E-state index in [0.29, 0.717) is 23.7 Å². The van der Waals surface area contributed by atoms with Gasteiger partial charge in [-0.2, -0.15) is 9.97 Å². The Kier molecular flexibility index (Phi) is 6.07. The van der Waals surface area contributed by atoms with Gasteiger partial charge in [0.25, 0.3) is 0 Å². The molecule has 0 unspecified atom stereocenters. The van der Waals surface area contributed by atoms with Crippen LogP contribution in [0.25, 0.3) is 27.9 Å². The second-order valence-corrected chi connectivity index (χ2v) is 6.97. The third-order valence-corrected chi connectivity index (χ3v) is 5.20. The number of hydrogen-bond acceptors (Lipinski definition) is 5. The molecule has 0 aliphatic heterocycles. The van der Waals surface area contributed by atoms with Gasteiger partial charge < -0.3 is 16.0 Å². The Labute approximate surface area is 175 Å². The highest BCUT2D eigenvalue weighted by molar-refractivity contribution is 5.86. The van der Waals surface area contributed by atoms with Gasteiger partial charge in [0.1, 0.15) is 5.52 Å². The molecule has 1 aliphatic carbocycles. The number of H-pyrrole nitrogens is 1. The average molecular weight is 420 g/mol. The van der Waals surface area contributed by atoms with Crippen molar-refractivity contribution in [2.24, 2.45) is 5.73 Å². The molecule has 0 saturated heterocycles. The minimum atomic E-state index is 0. The number of aromatic nitrogens is 5. The first-order valence-corrected chi connectivity index (χ1v) is 9.07. The van der Waals surface area contributed by atoms with Gasteiger partial charge in [0, 0.05) is 18.3 Å². The van der Waals surface area contributed by atoms with E-state index < -0.39 is 0 Å². The van der Waals surface area contributed by atoms with Crippen LogP contribution >= 0.6 is 24.8 Å². The van der Waals surface area contributed by atoms with Gasteiger partial charge >= 0.3 is 0 Å². The Hall–Kier alpha value is -2.35. The zero-order valence-corrected chi connectivity index (χ0v) is 16.8. The van der Waals surface area contributed by atoms with Crippen molar-refractivity contribution in [1.29, 1.82) is 0 Å². The van der Waals surface area contributed by atoms with E-state index in [0.717, 1.165) is 42.5 Å². The fourth-order valence-electron chi connectivity index (χ4n) is 3.77. The lowest BCUT2D eigenvalue weighted by molar-refractivity contribution is 0.410. The minimum Gasteiger partial charge on any atom is -0.351 e. The number of nitrogens with zero attached hydrogens (tertiary/aromatic N) is 4. The maximum Gasteiger partial charge on any atom is 0.227 e. The van der Waals surface area contributed by atoms with Gasteiger partial charge in [-0.1, -0.05) is 18.2 Å². The Balaban J connectivity index is 0.00000112. The molecular weight excluding hydrogens is 397 g/mol. The van der Waals surface area contributed by atoms with Crippen molar-refractivity contribution in [2.45, 2.75) is 37.8 Å². The lowest BCUT2D eigenvalue weighted by Gasteiger charge is -2.26. The molecule has 4 N–H and O–H groups in total. The molecular formula is C19H23Cl2N7. The summed E-state index contributed by atoms with van der Waals surface area (Å²) in [6.45, 7) is 0. The molecule has 1 aliphatic rings. The zero-order valence-electron chi connectivity index (χ0n) is 15.2. The molecule has 0 atom stereocenters. The van der Waals surface area contributed by atoms with Crippen molar-refractivity contribution in [3.8, 4) is 5.82 Å². The van der Waals surface area contributed by atoms with E-state index in [9.17, 15) is 0 Å². The van der Waals surface area contributed by atoms with E-state index in [1.165, 1.54) is 5.39 Å². The van der Waals surface area contributed by atoms with Gasteiger partial charge in [0.2, 0.25) is 5.95 Å². The first-order valence-electron chi connectivity index (χ1n) is 9.07. The van der Waals surface area contributed by atoms with Gasteiger partial charge in [0.15, 0.2) is 11.5 Å². The molecule has 0 amide bonds. The molecule has 148 valence electrons. The van der Waals surface area contributed by atoms with Crippen LogP contribution in [0.4, 0.5) is 5.95 Å². The van der Waals surface area contributed by atoms with E-state index in [4.69, 9.17) is 10.7 Å². The van der Waals surface area contributed by atoms with Gasteiger partial charge in [0.05, 0.1) is 11.8 Å². The van der Waals surface area contributed by atoms with E-state index in [2.05, 4.69) is 43.0 Å². The predicted molar refractivity (Wildman–Crippen MR) is 117 cm³/mol. The third-order valence-electron chi connectivity index (χ3n) is 5.20. The summed E-state index contributed by atoms with van der Waals surface area (Å²) in [6.07, 6.45) is 7.87. The summed E-state index contributed by atoms with van der Waals surface area (Å²) in [7, 11) is 0. The maximum absolute atomic E-state index is 6.02. The Morgan fingerprint density at radius 1 is 1.04 bits per heavy atom. The number of halogens is 2. The second-order valence-electron chi connectivity index (χ2n) is 6.97. The second kappa shape index (κ2) is 8.34. The number of benzene rings is 1. The summed E-state index contributed by atoms with van der Waals surface area (Å²) in [5.74, 6) is 1.43. The average Bonchev–Trinajstić information content (AvgIpc) is 3.30. The molecule has 0 spiro atoms. The highest BCUT2D eigenvalue weighted by Crippen LogP contribution is 2.25. The largest absolute Gasteiger partial charge is 0.351 e. The van der Waals surface area contributed by atoms with Crippen LogP contribution in [0.3, 0.4) is 0 Å². The van der Waals surface area contributed by atoms with Crippen LogP contribution in [-0.4, -0.2) is 36.6 Å². The molecule has 0 bridgehead atoms. The molecule has 1 fully saturated rings. The normalized spacial score (nSPS) is 19.2. The number of rotatable bonds is 3. The summed E-state index contributed by atoms with van der Waals surface area (Å²) in [5.41, 5.74) is 8.63. The van der Waals surface area contributed by atoms with Crippen molar-refractivity contribution in [3.05, 3.63) is 42.9 Å². The molecule has 28 heavy (non-hydrogen) atoms. The number of imidazole rings is 1.